The van der Waals surface area contributed by atoms with Gasteiger partial charge in [0.05, 0.1) is 0 Å². The summed E-state index contributed by atoms with van der Waals surface area (Å²) in [5.74, 6) is 0. The molecule has 0 amide bonds. The van der Waals surface area contributed by atoms with Crippen LogP contribution in [0.1, 0.15) is 0 Å². The van der Waals surface area contributed by atoms with Crippen LogP contribution in [0.25, 0.3) is 5.69 Å². The lowest BCUT2D eigenvalue weighted by Crippen LogP contribution is -2.29. The van der Waals surface area contributed by atoms with E-state index in [1.807, 2.05) is 19.7 Å². The summed E-state index contributed by atoms with van der Waals surface area (Å²) in [7, 11) is 0. The van der Waals surface area contributed by atoms with Gasteiger partial charge in [-0.25, -0.2) is 0 Å². The van der Waals surface area contributed by atoms with E-state index in [4.69, 9.17) is 0 Å². The molecule has 13 heavy (non-hydrogen) atoms. The third kappa shape index (κ3) is 1.85. The van der Waals surface area contributed by atoms with Gasteiger partial charge < -0.3 is 0 Å². The maximum absolute atomic E-state index is 4.05. The third-order valence-corrected chi connectivity index (χ3v) is 3.27. The van der Waals surface area contributed by atoms with Crippen LogP contribution in [0.3, 0.4) is 0 Å². The van der Waals surface area contributed by atoms with Crippen molar-refractivity contribution in [2.45, 2.75) is 0 Å². The molecule has 0 saturated heterocycles. The molecule has 1 aromatic carbocycles. The van der Waals surface area contributed by atoms with E-state index in [0.29, 0.717) is 0 Å². The molecule has 3 nitrogen and oxygen atoms in total. The lowest BCUT2D eigenvalue weighted by Gasteiger charge is -2.01. The lowest BCUT2D eigenvalue weighted by molar-refractivity contribution is -0.533. The van der Waals surface area contributed by atoms with Gasteiger partial charge in [0.25, 0.3) is 0 Å². The number of halogens is 2. The molecule has 0 spiro atoms. The molecule has 0 bridgehead atoms. The Morgan fingerprint density at radius 3 is 2.69 bits per heavy atom. The zero-order chi connectivity index (χ0) is 9.26. The molecule has 0 aliphatic heterocycles. The van der Waals surface area contributed by atoms with Gasteiger partial charge in [0.1, 0.15) is 5.69 Å². The minimum Gasteiger partial charge on any atom is -0.138 e. The monoisotopic (exact) mass is 398 g/mol. The van der Waals surface area contributed by atoms with Gasteiger partial charge >= 0.3 is 6.33 Å². The summed E-state index contributed by atoms with van der Waals surface area (Å²) in [6.07, 6.45) is 3.56. The molecule has 66 valence electrons. The number of rotatable bonds is 1. The van der Waals surface area contributed by atoms with Crippen molar-refractivity contribution < 1.29 is 2.90 Å². The largest absolute Gasteiger partial charge is 0.316 e. The number of nitrogens with zero attached hydrogens (tertiary/aromatic N) is 3. The predicted octanol–water partition coefficient (Wildman–Crippen LogP) is 1.96. The van der Waals surface area contributed by atoms with Crippen molar-refractivity contribution in [1.82, 2.24) is 9.67 Å². The highest BCUT2D eigenvalue weighted by Crippen LogP contribution is 2.14. The molecule has 2 aromatic rings. The first-order valence-electron chi connectivity index (χ1n) is 3.64. The van der Waals surface area contributed by atoms with Crippen LogP contribution in [0.4, 0.5) is 0 Å². The van der Waals surface area contributed by atoms with Gasteiger partial charge in [-0.3, -0.25) is 0 Å². The van der Waals surface area contributed by atoms with E-state index in [9.17, 15) is 0 Å². The van der Waals surface area contributed by atoms with Crippen molar-refractivity contribution in [3.63, 3.8) is 0 Å². The van der Waals surface area contributed by atoms with Crippen molar-refractivity contribution in [2.75, 3.05) is 0 Å². The Morgan fingerprint density at radius 1 is 1.31 bits per heavy atom. The summed E-state index contributed by atoms with van der Waals surface area (Å²) in [4.78, 5) is 4.05. The summed E-state index contributed by atoms with van der Waals surface area (Å²) in [6.45, 7) is 0. The number of para-hydroxylation sites is 1. The molecular weight excluding hydrogens is 392 g/mol. The van der Waals surface area contributed by atoms with Crippen LogP contribution < -0.4 is 2.90 Å². The van der Waals surface area contributed by atoms with Gasteiger partial charge in [-0.15, -0.1) is 4.68 Å². The minimum atomic E-state index is 1.15. The summed E-state index contributed by atoms with van der Waals surface area (Å²) < 4.78 is 5.11. The van der Waals surface area contributed by atoms with Crippen LogP contribution in [0.2, 0.25) is 0 Å². The smallest absolute Gasteiger partial charge is 0.138 e. The summed E-state index contributed by atoms with van der Waals surface area (Å²) in [6, 6.07) is 8.19. The molecule has 0 fully saturated rings. The number of benzene rings is 1. The molecule has 0 aliphatic rings. The van der Waals surface area contributed by atoms with Crippen LogP contribution in [0, 0.1) is 3.57 Å². The van der Waals surface area contributed by atoms with Crippen LogP contribution >= 0.6 is 45.5 Å². The molecule has 0 saturated carbocycles. The highest BCUT2D eigenvalue weighted by Gasteiger charge is 2.09. The Labute approximate surface area is 103 Å². The summed E-state index contributed by atoms with van der Waals surface area (Å²) in [5.41, 5.74) is 1.15. The SMILES string of the molecule is Ic1ccccc1-n1cnc[n+]1I. The maximum Gasteiger partial charge on any atom is 0.316 e. The third-order valence-electron chi connectivity index (χ3n) is 1.64. The first-order valence-corrected chi connectivity index (χ1v) is 5.69. The van der Waals surface area contributed by atoms with Crippen LogP contribution in [-0.2, 0) is 0 Å². The summed E-state index contributed by atoms with van der Waals surface area (Å²) >= 11 is 4.50. The van der Waals surface area contributed by atoms with Crippen molar-refractivity contribution >= 4 is 45.5 Å². The predicted molar refractivity (Wildman–Crippen MR) is 65.9 cm³/mol. The number of hydrogen-bond acceptors (Lipinski definition) is 1. The number of aromatic nitrogens is 3. The highest BCUT2D eigenvalue weighted by molar-refractivity contribution is 14.1. The zero-order valence-electron chi connectivity index (χ0n) is 6.56. The molecule has 0 N–H and O–H groups in total. The van der Waals surface area contributed by atoms with Gasteiger partial charge in [0.2, 0.25) is 29.2 Å². The van der Waals surface area contributed by atoms with E-state index in [2.05, 4.69) is 62.6 Å². The van der Waals surface area contributed by atoms with Crippen LogP contribution in [0.5, 0.6) is 0 Å². The average molecular weight is 398 g/mol. The Morgan fingerprint density at radius 2 is 2.08 bits per heavy atom. The molecule has 0 unspecified atom stereocenters. The molecule has 0 radical (unpaired) electrons. The first kappa shape index (κ1) is 9.38. The Balaban J connectivity index is 2.59. The highest BCUT2D eigenvalue weighted by atomic mass is 127. The van der Waals surface area contributed by atoms with Crippen molar-refractivity contribution in [3.8, 4) is 5.69 Å². The first-order chi connectivity index (χ1) is 6.29. The Bertz CT molecular complexity index is 425. The second-order valence-electron chi connectivity index (χ2n) is 2.46. The fourth-order valence-corrected chi connectivity index (χ4v) is 2.18. The van der Waals surface area contributed by atoms with Gasteiger partial charge in [-0.1, -0.05) is 15.0 Å². The average Bonchev–Trinajstić information content (AvgIpc) is 2.52. The van der Waals surface area contributed by atoms with Crippen LogP contribution in [0.15, 0.2) is 36.9 Å². The quantitative estimate of drug-likeness (QED) is 0.674. The van der Waals surface area contributed by atoms with Gasteiger partial charge in [0, 0.05) is 3.57 Å². The Hall–Kier alpha value is -0.180. The topological polar surface area (TPSA) is 21.7 Å². The van der Waals surface area contributed by atoms with E-state index in [1.165, 1.54) is 3.57 Å². The molecule has 5 heteroatoms. The fourth-order valence-electron chi connectivity index (χ4n) is 1.06. The second-order valence-corrected chi connectivity index (χ2v) is 4.62. The zero-order valence-corrected chi connectivity index (χ0v) is 10.9. The van der Waals surface area contributed by atoms with Crippen molar-refractivity contribution in [1.29, 1.82) is 0 Å². The minimum absolute atomic E-state index is 1.15. The van der Waals surface area contributed by atoms with Crippen molar-refractivity contribution in [3.05, 3.63) is 40.5 Å². The molecule has 1 aromatic heterocycles. The summed E-state index contributed by atoms with van der Waals surface area (Å²) in [5, 5.41) is 0. The van der Waals surface area contributed by atoms with E-state index in [1.54, 1.807) is 12.7 Å². The van der Waals surface area contributed by atoms with E-state index in [0.717, 1.165) is 5.69 Å². The molecule has 1 heterocycles. The van der Waals surface area contributed by atoms with E-state index < -0.39 is 0 Å². The van der Waals surface area contributed by atoms with Crippen LogP contribution in [-0.4, -0.2) is 9.67 Å². The fraction of sp³-hybridized carbons (Fsp3) is 0. The van der Waals surface area contributed by atoms with Gasteiger partial charge in [0.15, 0.2) is 0 Å². The van der Waals surface area contributed by atoms with Crippen molar-refractivity contribution in [2.24, 2.45) is 0 Å². The normalized spacial score (nSPS) is 10.3. The molecular formula is C8H6I2N3+. The molecule has 0 aliphatic carbocycles. The Kier molecular flexibility index (Phi) is 2.82. The van der Waals surface area contributed by atoms with E-state index in [-0.39, 0.29) is 0 Å². The van der Waals surface area contributed by atoms with Gasteiger partial charge in [-0.05, 0) is 39.7 Å². The molecule has 2 rings (SSSR count). The number of hydrogen-bond donors (Lipinski definition) is 0. The lowest BCUT2D eigenvalue weighted by atomic mass is 10.3. The van der Waals surface area contributed by atoms with Gasteiger partial charge in [-0.2, -0.15) is 0 Å². The molecule has 0 atom stereocenters. The standard InChI is InChI=1S/C8H6I2N3/c9-7-3-1-2-4-8(7)12-5-11-6-13(12)10/h1-6H/q+1. The van der Waals surface area contributed by atoms with E-state index >= 15 is 0 Å². The maximum atomic E-state index is 4.05. The second kappa shape index (κ2) is 3.91.